The molecule has 0 radical (unpaired) electrons. The molecule has 0 aromatic rings. The number of carbonyl (C=O) groups excluding carboxylic acids is 17. The highest BCUT2D eigenvalue weighted by Gasteiger charge is 2.50. The molecule has 6 N–H and O–H groups in total. The molecule has 0 saturated carbocycles. The molecule has 0 aliphatic carbocycles. The van der Waals surface area contributed by atoms with Crippen LogP contribution in [0.4, 0.5) is 0 Å². The van der Waals surface area contributed by atoms with Crippen molar-refractivity contribution in [3.05, 3.63) is 0 Å². The molecule has 3 aliphatic heterocycles. The minimum atomic E-state index is -1.34. The molecule has 0 bridgehead atoms. The Hall–Kier alpha value is -9.18. The molecule has 3 rings (SSSR count). The second-order valence-electron chi connectivity index (χ2n) is 29.9. The van der Waals surface area contributed by atoms with E-state index in [2.05, 4.69) is 26.6 Å². The van der Waals surface area contributed by atoms with Crippen LogP contribution in [0.3, 0.4) is 0 Å². The number of carbonyl (C=O) groups is 18. The Morgan fingerprint density at radius 2 is 0.706 bits per heavy atom. The summed E-state index contributed by atoms with van der Waals surface area (Å²) >= 11 is 0. The maximum Gasteiger partial charge on any atom is 0.307 e. The molecule has 119 heavy (non-hydrogen) atoms. The van der Waals surface area contributed by atoms with Crippen LogP contribution in [0.15, 0.2) is 0 Å². The van der Waals surface area contributed by atoms with E-state index in [1.807, 2.05) is 0 Å². The summed E-state index contributed by atoms with van der Waals surface area (Å²) in [5.41, 5.74) is 0. The van der Waals surface area contributed by atoms with Crippen LogP contribution in [0.2, 0.25) is 0 Å². The van der Waals surface area contributed by atoms with E-state index in [1.165, 1.54) is 72.1 Å². The summed E-state index contributed by atoms with van der Waals surface area (Å²) in [5.74, 6) is -11.3. The number of carboxylic acids is 1. The van der Waals surface area contributed by atoms with Crippen LogP contribution in [0.5, 0.6) is 0 Å². The summed E-state index contributed by atoms with van der Waals surface area (Å²) in [6, 6.07) is -2.31. The first kappa shape index (κ1) is 104. The van der Waals surface area contributed by atoms with Gasteiger partial charge < -0.3 is 103 Å². The molecule has 39 heteroatoms. The lowest BCUT2D eigenvalue weighted by Crippen LogP contribution is -2.62. The first-order chi connectivity index (χ1) is 56.3. The average Bonchev–Trinajstić information content (AvgIpc) is 0.806. The molecule has 3 fully saturated rings. The standard InChI is InChI=1S/C80H127N7O32/c1-14-62(116-70(105)34-33-69(103)104)77(106)87(38-22-36-82-67(101)31-28-60(98)25-16-19-42-108-79-72(84-51(6)89)48(3)75(114-57(12)95)64(118-79)45-111-54(9)92)40-23-39-86(68(102)32-29-61(99)26-17-20-43-109-80-73(85-52(7)90)49(4)76(115-58(13)96)65(119-80)46-112-55(10)93)37-21-35-81-66(100)30-27-59(97)24-15-18-41-107-78-71(83-50(5)88)47(2)74(113-56(11)94)63(117-78)44-110-53(8)91/h47-49,62-65,71-76,78-80H,14-46H2,1-13H3,(H,81,100)(H,82,101)(H,83,88)(H,84,89)(H,85,90)(H,103,104)/t47-,48-,49-,62?,63?,64?,65?,71?,72?,73?,74-,75-,76-,78-,79-,80-/m1/s1. The number of hydrogen-bond donors (Lipinski definition) is 6. The van der Waals surface area contributed by atoms with Crippen LogP contribution in [-0.2, 0) is 148 Å². The smallest absolute Gasteiger partial charge is 0.307 e. The number of rotatable bonds is 57. The van der Waals surface area contributed by atoms with E-state index in [4.69, 9.17) is 61.6 Å². The van der Waals surface area contributed by atoms with Gasteiger partial charge in [0.2, 0.25) is 35.4 Å². The topological polar surface area (TPSA) is 514 Å². The van der Waals surface area contributed by atoms with Crippen LogP contribution in [-0.4, -0.2) is 280 Å². The van der Waals surface area contributed by atoms with Gasteiger partial charge in [-0.1, -0.05) is 27.7 Å². The number of aliphatic carboxylic acids is 1. The van der Waals surface area contributed by atoms with Crippen molar-refractivity contribution in [1.82, 2.24) is 36.4 Å². The number of Topliss-reactive ketones (excluding diaryl/α,β-unsaturated/α-hetero) is 3. The highest BCUT2D eigenvalue weighted by molar-refractivity contribution is 5.87. The lowest BCUT2D eigenvalue weighted by atomic mass is 9.88. The quantitative estimate of drug-likeness (QED) is 0.0289. The third kappa shape index (κ3) is 42.1. The summed E-state index contributed by atoms with van der Waals surface area (Å²) in [6.07, 6.45) is -9.01. The van der Waals surface area contributed by atoms with Crippen LogP contribution in [0.25, 0.3) is 0 Å². The molecule has 3 saturated heterocycles. The average molecular weight is 1700 g/mol. The van der Waals surface area contributed by atoms with Gasteiger partial charge in [0.1, 0.15) is 73.8 Å². The largest absolute Gasteiger partial charge is 0.481 e. The Bertz CT molecular complexity index is 3350. The number of unbranched alkanes of at least 4 members (excludes halogenated alkanes) is 3. The minimum Gasteiger partial charge on any atom is -0.481 e. The molecular weight excluding hydrogens is 1570 g/mol. The van der Waals surface area contributed by atoms with Gasteiger partial charge in [-0.3, -0.25) is 86.3 Å². The Labute approximate surface area is 694 Å². The summed E-state index contributed by atoms with van der Waals surface area (Å²) in [4.78, 5) is 229. The van der Waals surface area contributed by atoms with Crippen molar-refractivity contribution in [2.75, 3.05) is 78.9 Å². The second kappa shape index (κ2) is 56.4. The van der Waals surface area contributed by atoms with Crippen molar-refractivity contribution < 1.29 is 153 Å². The third-order valence-electron chi connectivity index (χ3n) is 19.6. The number of nitrogens with zero attached hydrogens (tertiary/aromatic N) is 2. The molecule has 0 aromatic carbocycles. The molecule has 0 spiro atoms. The third-order valence-corrected chi connectivity index (χ3v) is 19.6. The van der Waals surface area contributed by atoms with E-state index in [1.54, 1.807) is 27.7 Å². The van der Waals surface area contributed by atoms with Gasteiger partial charge in [-0.15, -0.1) is 0 Å². The van der Waals surface area contributed by atoms with Crippen LogP contribution in [0.1, 0.15) is 225 Å². The van der Waals surface area contributed by atoms with E-state index < -0.39 is 199 Å². The van der Waals surface area contributed by atoms with Crippen LogP contribution in [0, 0.1) is 17.8 Å². The zero-order valence-corrected chi connectivity index (χ0v) is 71.1. The normalized spacial score (nSPS) is 22.8. The highest BCUT2D eigenvalue weighted by atomic mass is 16.7. The van der Waals surface area contributed by atoms with Gasteiger partial charge in [0.15, 0.2) is 25.0 Å². The number of esters is 7. The van der Waals surface area contributed by atoms with Gasteiger partial charge in [-0.25, -0.2) is 0 Å². The second-order valence-corrected chi connectivity index (χ2v) is 29.9. The van der Waals surface area contributed by atoms with E-state index in [0.717, 1.165) is 0 Å². The SMILES string of the molecule is CCC(OC(=O)CCC(=O)O)C(=O)N(CCCNC(=O)CCC(=O)CCCCO[C@@H]1OC(COC(C)=O)[C@H](OC(C)=O)[C@H](C)C1NC(C)=O)CCCN(CCCNC(=O)CCC(=O)CCCCO[C@@H]1OC(COC(C)=O)[C@H](OC(C)=O)[C@H](C)C1NC(C)=O)C(=O)CCC(=O)CCCCO[C@@H]1OC(COC(C)=O)[C@H](OC(C)=O)[C@H](C)C1NC(C)=O. The first-order valence-electron chi connectivity index (χ1n) is 40.9. The maximum absolute atomic E-state index is 14.3. The Kier molecular flexibility index (Phi) is 49.3. The Balaban J connectivity index is 1.69. The van der Waals surface area contributed by atoms with Gasteiger partial charge in [0.25, 0.3) is 5.91 Å². The molecule has 0 aromatic heterocycles. The number of ether oxygens (including phenoxy) is 13. The van der Waals surface area contributed by atoms with Crippen molar-refractivity contribution >= 4 is 106 Å². The summed E-state index contributed by atoms with van der Waals surface area (Å²) in [7, 11) is 0. The Morgan fingerprint density at radius 1 is 0.378 bits per heavy atom. The fourth-order valence-electron chi connectivity index (χ4n) is 13.6. The van der Waals surface area contributed by atoms with E-state index in [9.17, 15) is 91.4 Å². The highest BCUT2D eigenvalue weighted by Crippen LogP contribution is 2.34. The van der Waals surface area contributed by atoms with Crippen molar-refractivity contribution in [2.24, 2.45) is 17.8 Å². The zero-order chi connectivity index (χ0) is 88.8. The van der Waals surface area contributed by atoms with Gasteiger partial charge >= 0.3 is 47.8 Å². The first-order valence-corrected chi connectivity index (χ1v) is 40.9. The van der Waals surface area contributed by atoms with Crippen LogP contribution < -0.4 is 26.6 Å². The number of hydrogen-bond acceptors (Lipinski definition) is 31. The molecule has 7 unspecified atom stereocenters. The van der Waals surface area contributed by atoms with E-state index in [0.29, 0.717) is 38.5 Å². The predicted molar refractivity (Wildman–Crippen MR) is 415 cm³/mol. The fourth-order valence-corrected chi connectivity index (χ4v) is 13.6. The molecule has 7 amide bonds. The van der Waals surface area contributed by atoms with Crippen LogP contribution >= 0.6 is 0 Å². The van der Waals surface area contributed by atoms with E-state index >= 15 is 0 Å². The lowest BCUT2D eigenvalue weighted by molar-refractivity contribution is -0.262. The lowest BCUT2D eigenvalue weighted by Gasteiger charge is -2.44. The summed E-state index contributed by atoms with van der Waals surface area (Å²) in [6.45, 7) is 17.5. The van der Waals surface area contributed by atoms with Crippen molar-refractivity contribution in [1.29, 1.82) is 0 Å². The number of ketones is 3. The molecule has 39 nitrogen and oxygen atoms in total. The molecule has 674 valence electrons. The van der Waals surface area contributed by atoms with Crippen molar-refractivity contribution in [3.8, 4) is 0 Å². The number of amides is 7. The summed E-state index contributed by atoms with van der Waals surface area (Å²) in [5, 5.41) is 23.1. The maximum atomic E-state index is 14.3. The monoisotopic (exact) mass is 1700 g/mol. The summed E-state index contributed by atoms with van der Waals surface area (Å²) < 4.78 is 73.8. The fraction of sp³-hybridized carbons (Fsp3) is 0.775. The van der Waals surface area contributed by atoms with Gasteiger partial charge in [0.05, 0.1) is 31.0 Å². The molecule has 16 atom stereocenters. The van der Waals surface area contributed by atoms with Crippen molar-refractivity contribution in [2.45, 2.75) is 305 Å². The molecule has 3 heterocycles. The van der Waals surface area contributed by atoms with Crippen molar-refractivity contribution in [3.63, 3.8) is 0 Å². The van der Waals surface area contributed by atoms with Gasteiger partial charge in [0, 0.05) is 197 Å². The number of nitrogens with one attached hydrogen (secondary N) is 5. The van der Waals surface area contributed by atoms with E-state index in [-0.39, 0.29) is 180 Å². The predicted octanol–water partition coefficient (Wildman–Crippen LogP) is 2.92. The Morgan fingerprint density at radius 3 is 1.03 bits per heavy atom. The van der Waals surface area contributed by atoms with Gasteiger partial charge in [-0.05, 0) is 64.2 Å². The minimum absolute atomic E-state index is 0.00276. The molecular formula is C80H127N7O32. The number of carboxylic acid groups (broad SMARTS) is 1. The van der Waals surface area contributed by atoms with Gasteiger partial charge in [-0.2, -0.15) is 0 Å². The zero-order valence-electron chi connectivity index (χ0n) is 71.1. The molecule has 3 aliphatic rings.